The number of rotatable bonds is 7. The molecular weight excluding hydrogens is 391 g/mol. The Bertz CT molecular complexity index is 1140. The summed E-state index contributed by atoms with van der Waals surface area (Å²) in [5.74, 6) is -0.963. The Morgan fingerprint density at radius 2 is 1.97 bits per heavy atom. The molecule has 8 nitrogen and oxygen atoms in total. The van der Waals surface area contributed by atoms with Crippen LogP contribution in [-0.2, 0) is 6.54 Å². The van der Waals surface area contributed by atoms with Gasteiger partial charge in [0.1, 0.15) is 11.5 Å². The summed E-state index contributed by atoms with van der Waals surface area (Å²) in [6.45, 7) is 3.50. The molecule has 0 aliphatic rings. The van der Waals surface area contributed by atoms with Gasteiger partial charge in [-0.25, -0.2) is 9.37 Å². The molecule has 9 heteroatoms. The second-order valence-corrected chi connectivity index (χ2v) is 7.12. The lowest BCUT2D eigenvalue weighted by Crippen LogP contribution is -2.34. The van der Waals surface area contributed by atoms with Gasteiger partial charge < -0.3 is 15.5 Å². The standard InChI is InChI=1S/C21H23FN4O4/c1-13(2)7-8-26-18(14-3-5-15(22)6-4-14)11-25-10-17(24-19(25)21(26)30)20(29)23-9-16(28)12-27/h3-7,10-11,16,27-28H,8-9,12H2,1-2H3,(H,23,29)/t16-/m1/s1. The van der Waals surface area contributed by atoms with Gasteiger partial charge in [-0.15, -0.1) is 0 Å². The van der Waals surface area contributed by atoms with Gasteiger partial charge in [0.15, 0.2) is 0 Å². The van der Waals surface area contributed by atoms with E-state index in [1.807, 2.05) is 19.9 Å². The molecule has 0 aliphatic heterocycles. The van der Waals surface area contributed by atoms with E-state index in [0.29, 0.717) is 17.8 Å². The predicted molar refractivity (Wildman–Crippen MR) is 110 cm³/mol. The van der Waals surface area contributed by atoms with Crippen LogP contribution < -0.4 is 10.9 Å². The van der Waals surface area contributed by atoms with Crippen LogP contribution in [0.15, 0.2) is 53.1 Å². The molecule has 0 fully saturated rings. The van der Waals surface area contributed by atoms with Gasteiger partial charge in [-0.1, -0.05) is 11.6 Å². The summed E-state index contributed by atoms with van der Waals surface area (Å²) in [5.41, 5.74) is 1.88. The largest absolute Gasteiger partial charge is 0.394 e. The van der Waals surface area contributed by atoms with E-state index in [2.05, 4.69) is 10.3 Å². The Morgan fingerprint density at radius 1 is 1.27 bits per heavy atom. The fourth-order valence-corrected chi connectivity index (χ4v) is 2.86. The van der Waals surface area contributed by atoms with E-state index in [1.54, 1.807) is 18.3 Å². The number of carbonyl (C=O) groups is 1. The summed E-state index contributed by atoms with van der Waals surface area (Å²) in [6.07, 6.45) is 3.88. The number of benzene rings is 1. The molecule has 0 aliphatic carbocycles. The van der Waals surface area contributed by atoms with E-state index >= 15 is 0 Å². The molecule has 2 heterocycles. The second kappa shape index (κ2) is 9.02. The van der Waals surface area contributed by atoms with Crippen LogP contribution in [0.3, 0.4) is 0 Å². The summed E-state index contributed by atoms with van der Waals surface area (Å²) in [6, 6.07) is 5.79. The van der Waals surface area contributed by atoms with Crippen molar-refractivity contribution in [2.24, 2.45) is 0 Å². The van der Waals surface area contributed by atoms with Crippen LogP contribution in [0.5, 0.6) is 0 Å². The van der Waals surface area contributed by atoms with Gasteiger partial charge in [0, 0.05) is 25.5 Å². The number of aliphatic hydroxyl groups excluding tert-OH is 2. The van der Waals surface area contributed by atoms with Crippen molar-refractivity contribution >= 4 is 11.6 Å². The Kier molecular flexibility index (Phi) is 6.43. The zero-order valence-corrected chi connectivity index (χ0v) is 16.7. The van der Waals surface area contributed by atoms with Crippen LogP contribution in [0.1, 0.15) is 24.3 Å². The zero-order chi connectivity index (χ0) is 21.8. The van der Waals surface area contributed by atoms with Crippen molar-refractivity contribution in [2.45, 2.75) is 26.5 Å². The summed E-state index contributed by atoms with van der Waals surface area (Å²) in [7, 11) is 0. The first-order valence-corrected chi connectivity index (χ1v) is 9.39. The zero-order valence-electron chi connectivity index (χ0n) is 16.7. The normalized spacial score (nSPS) is 12.0. The number of aliphatic hydroxyl groups is 2. The second-order valence-electron chi connectivity index (χ2n) is 7.12. The van der Waals surface area contributed by atoms with Gasteiger partial charge in [0.2, 0.25) is 5.65 Å². The van der Waals surface area contributed by atoms with Crippen LogP contribution in [0.25, 0.3) is 16.9 Å². The Hall–Kier alpha value is -3.30. The number of aromatic nitrogens is 3. The van der Waals surface area contributed by atoms with Gasteiger partial charge in [-0.05, 0) is 43.7 Å². The lowest BCUT2D eigenvalue weighted by Gasteiger charge is -2.12. The minimum Gasteiger partial charge on any atom is -0.394 e. The van der Waals surface area contributed by atoms with E-state index in [-0.39, 0.29) is 23.7 Å². The van der Waals surface area contributed by atoms with E-state index < -0.39 is 24.2 Å². The number of hydrogen-bond acceptors (Lipinski definition) is 5. The smallest absolute Gasteiger partial charge is 0.295 e. The van der Waals surface area contributed by atoms with Crippen molar-refractivity contribution in [2.75, 3.05) is 13.2 Å². The van der Waals surface area contributed by atoms with Crippen LogP contribution in [0.4, 0.5) is 4.39 Å². The van der Waals surface area contributed by atoms with Crippen LogP contribution >= 0.6 is 0 Å². The Morgan fingerprint density at radius 3 is 2.60 bits per heavy atom. The minimum atomic E-state index is -1.09. The highest BCUT2D eigenvalue weighted by atomic mass is 19.1. The molecule has 2 aromatic heterocycles. The van der Waals surface area contributed by atoms with Gasteiger partial charge in [-0.2, -0.15) is 0 Å². The Labute approximate surface area is 171 Å². The number of imidazole rings is 1. The number of hydrogen-bond donors (Lipinski definition) is 3. The number of carbonyl (C=O) groups excluding carboxylic acids is 1. The molecule has 1 atom stereocenters. The molecule has 3 N–H and O–H groups in total. The van der Waals surface area contributed by atoms with Crippen LogP contribution in [-0.4, -0.2) is 49.3 Å². The third-order valence-corrected chi connectivity index (χ3v) is 4.48. The van der Waals surface area contributed by atoms with E-state index in [1.165, 1.54) is 27.3 Å². The molecule has 0 radical (unpaired) electrons. The van der Waals surface area contributed by atoms with Crippen LogP contribution in [0, 0.1) is 5.82 Å². The maximum Gasteiger partial charge on any atom is 0.295 e. The maximum atomic E-state index is 13.4. The third-order valence-electron chi connectivity index (χ3n) is 4.48. The van der Waals surface area contributed by atoms with E-state index in [0.717, 1.165) is 5.57 Å². The van der Waals surface area contributed by atoms with E-state index in [9.17, 15) is 19.1 Å². The number of nitrogens with zero attached hydrogens (tertiary/aromatic N) is 3. The first-order valence-electron chi connectivity index (χ1n) is 9.39. The Balaban J connectivity index is 2.09. The number of fused-ring (bicyclic) bond motifs is 1. The van der Waals surface area contributed by atoms with Crippen molar-refractivity contribution in [1.29, 1.82) is 0 Å². The molecule has 0 saturated heterocycles. The molecule has 0 unspecified atom stereocenters. The summed E-state index contributed by atoms with van der Waals surface area (Å²) in [5, 5.41) is 20.7. The molecule has 158 valence electrons. The molecule has 0 spiro atoms. The molecule has 0 saturated carbocycles. The van der Waals surface area contributed by atoms with Crippen molar-refractivity contribution in [3.05, 3.63) is 70.2 Å². The molecular formula is C21H23FN4O4. The average molecular weight is 414 g/mol. The monoisotopic (exact) mass is 414 g/mol. The molecule has 30 heavy (non-hydrogen) atoms. The molecule has 3 aromatic rings. The predicted octanol–water partition coefficient (Wildman–Crippen LogP) is 1.35. The van der Waals surface area contributed by atoms with Gasteiger partial charge in [-0.3, -0.25) is 18.6 Å². The molecule has 1 aromatic carbocycles. The lowest BCUT2D eigenvalue weighted by atomic mass is 10.1. The SMILES string of the molecule is CC(C)=CCn1c(-c2ccc(F)cc2)cn2cc(C(=O)NC[C@@H](O)CO)nc2c1=O. The van der Waals surface area contributed by atoms with Gasteiger partial charge in [0.05, 0.1) is 18.4 Å². The van der Waals surface area contributed by atoms with E-state index in [4.69, 9.17) is 5.11 Å². The van der Waals surface area contributed by atoms with Crippen LogP contribution in [0.2, 0.25) is 0 Å². The fraction of sp³-hybridized carbons (Fsp3) is 0.286. The number of amides is 1. The number of halogens is 1. The highest BCUT2D eigenvalue weighted by Gasteiger charge is 2.17. The molecule has 3 rings (SSSR count). The lowest BCUT2D eigenvalue weighted by molar-refractivity contribution is 0.0799. The fourth-order valence-electron chi connectivity index (χ4n) is 2.86. The summed E-state index contributed by atoms with van der Waals surface area (Å²) >= 11 is 0. The molecule has 0 bridgehead atoms. The highest BCUT2D eigenvalue weighted by molar-refractivity contribution is 5.92. The average Bonchev–Trinajstić information content (AvgIpc) is 3.16. The number of nitrogens with one attached hydrogen (secondary N) is 1. The molecule has 1 amide bonds. The van der Waals surface area contributed by atoms with Gasteiger partial charge >= 0.3 is 0 Å². The van der Waals surface area contributed by atoms with Crippen molar-refractivity contribution < 1.29 is 19.4 Å². The van der Waals surface area contributed by atoms with Crippen molar-refractivity contribution in [1.82, 2.24) is 19.3 Å². The summed E-state index contributed by atoms with van der Waals surface area (Å²) < 4.78 is 16.3. The van der Waals surface area contributed by atoms with Crippen molar-refractivity contribution in [3.8, 4) is 11.3 Å². The topological polar surface area (TPSA) is 109 Å². The number of allylic oxidation sites excluding steroid dienone is 2. The highest BCUT2D eigenvalue weighted by Crippen LogP contribution is 2.20. The first kappa shape index (κ1) is 21.4. The summed E-state index contributed by atoms with van der Waals surface area (Å²) in [4.78, 5) is 29.6. The van der Waals surface area contributed by atoms with Gasteiger partial charge in [0.25, 0.3) is 11.5 Å². The quantitative estimate of drug-likeness (QED) is 0.506. The van der Waals surface area contributed by atoms with Crippen molar-refractivity contribution in [3.63, 3.8) is 0 Å². The first-order chi connectivity index (χ1) is 14.3. The minimum absolute atomic E-state index is 0.00209. The maximum absolute atomic E-state index is 13.4. The third kappa shape index (κ3) is 4.64.